The third kappa shape index (κ3) is 3.47. The molecular weight excluding hydrogens is 306 g/mol. The predicted octanol–water partition coefficient (Wildman–Crippen LogP) is 2.14. The summed E-state index contributed by atoms with van der Waals surface area (Å²) in [6.45, 7) is 0. The fraction of sp³-hybridized carbons (Fsp3) is 0.0714. The van der Waals surface area contributed by atoms with Crippen molar-refractivity contribution in [2.45, 2.75) is 5.92 Å². The number of carbonyl (C=O) groups is 1. The van der Waals surface area contributed by atoms with E-state index in [9.17, 15) is 25.0 Å². The molecule has 0 saturated heterocycles. The van der Waals surface area contributed by atoms with E-state index in [1.165, 1.54) is 54.0 Å². The van der Waals surface area contributed by atoms with Crippen LogP contribution < -0.4 is 5.48 Å². The first-order valence-electron chi connectivity index (χ1n) is 6.36. The van der Waals surface area contributed by atoms with Crippen molar-refractivity contribution in [1.29, 1.82) is 0 Å². The van der Waals surface area contributed by atoms with Crippen molar-refractivity contribution in [1.82, 2.24) is 5.48 Å². The molecule has 0 fully saturated rings. The number of non-ortho nitro benzene ring substituents is 2. The largest absolute Gasteiger partial charge is 0.289 e. The lowest BCUT2D eigenvalue weighted by atomic mass is 9.90. The molecule has 0 aliphatic rings. The Kier molecular flexibility index (Phi) is 4.62. The van der Waals surface area contributed by atoms with Crippen molar-refractivity contribution >= 4 is 17.3 Å². The van der Waals surface area contributed by atoms with Gasteiger partial charge in [-0.05, 0) is 11.1 Å². The van der Waals surface area contributed by atoms with Gasteiger partial charge in [0.1, 0.15) is 0 Å². The Morgan fingerprint density at radius 3 is 1.48 bits per heavy atom. The van der Waals surface area contributed by atoms with E-state index in [2.05, 4.69) is 0 Å². The number of amides is 1. The molecule has 23 heavy (non-hydrogen) atoms. The number of nitrogens with zero attached hydrogens (tertiary/aromatic N) is 2. The zero-order chi connectivity index (χ0) is 17.0. The Morgan fingerprint density at radius 1 is 0.870 bits per heavy atom. The molecule has 2 aromatic rings. The quantitative estimate of drug-likeness (QED) is 0.492. The van der Waals surface area contributed by atoms with E-state index >= 15 is 0 Å². The maximum atomic E-state index is 11.9. The fourth-order valence-electron chi connectivity index (χ4n) is 2.14. The average molecular weight is 317 g/mol. The second kappa shape index (κ2) is 6.62. The highest BCUT2D eigenvalue weighted by atomic mass is 16.6. The topological polar surface area (TPSA) is 136 Å². The molecule has 0 aliphatic carbocycles. The summed E-state index contributed by atoms with van der Waals surface area (Å²) < 4.78 is 0. The molecule has 2 rings (SSSR count). The van der Waals surface area contributed by atoms with Crippen LogP contribution in [0.4, 0.5) is 11.4 Å². The number of hydrogen-bond acceptors (Lipinski definition) is 6. The lowest BCUT2D eigenvalue weighted by molar-refractivity contribution is -0.385. The summed E-state index contributed by atoms with van der Waals surface area (Å²) in [5.41, 5.74) is 2.05. The Bertz CT molecular complexity index is 685. The average Bonchev–Trinajstić information content (AvgIpc) is 2.55. The minimum atomic E-state index is -0.957. The van der Waals surface area contributed by atoms with Gasteiger partial charge in [-0.1, -0.05) is 24.3 Å². The SMILES string of the molecule is O=C(NO)C(c1ccc([N+](=O)[O-])cc1)c1ccc([N+](=O)[O-])cc1. The normalized spacial score (nSPS) is 10.3. The summed E-state index contributed by atoms with van der Waals surface area (Å²) in [6, 6.07) is 10.5. The third-order valence-electron chi connectivity index (χ3n) is 3.25. The minimum absolute atomic E-state index is 0.138. The van der Waals surface area contributed by atoms with Crippen LogP contribution in [0, 0.1) is 20.2 Å². The molecular formula is C14H11N3O6. The maximum absolute atomic E-state index is 11.9. The smallest absolute Gasteiger partial charge is 0.269 e. The van der Waals surface area contributed by atoms with Crippen molar-refractivity contribution in [2.75, 3.05) is 0 Å². The van der Waals surface area contributed by atoms with Crippen LogP contribution in [0.1, 0.15) is 17.0 Å². The highest BCUT2D eigenvalue weighted by Gasteiger charge is 2.23. The Labute approximate surface area is 129 Å². The lowest BCUT2D eigenvalue weighted by Crippen LogP contribution is -2.27. The summed E-state index contributed by atoms with van der Waals surface area (Å²) in [5, 5.41) is 30.2. The van der Waals surface area contributed by atoms with Gasteiger partial charge in [0.25, 0.3) is 17.3 Å². The molecule has 0 aromatic heterocycles. The zero-order valence-corrected chi connectivity index (χ0v) is 11.6. The van der Waals surface area contributed by atoms with E-state index in [-0.39, 0.29) is 11.4 Å². The molecule has 2 aromatic carbocycles. The van der Waals surface area contributed by atoms with E-state index in [0.29, 0.717) is 11.1 Å². The highest BCUT2D eigenvalue weighted by molar-refractivity contribution is 5.86. The molecule has 0 heterocycles. The molecule has 9 nitrogen and oxygen atoms in total. The van der Waals surface area contributed by atoms with Crippen LogP contribution in [0.2, 0.25) is 0 Å². The highest BCUT2D eigenvalue weighted by Crippen LogP contribution is 2.28. The van der Waals surface area contributed by atoms with Crippen molar-refractivity contribution in [3.05, 3.63) is 79.9 Å². The van der Waals surface area contributed by atoms with Crippen LogP contribution in [0.15, 0.2) is 48.5 Å². The number of nitro groups is 2. The molecule has 0 unspecified atom stereocenters. The first-order chi connectivity index (χ1) is 10.9. The van der Waals surface area contributed by atoms with Gasteiger partial charge >= 0.3 is 0 Å². The van der Waals surface area contributed by atoms with Gasteiger partial charge in [0.15, 0.2) is 0 Å². The van der Waals surface area contributed by atoms with Gasteiger partial charge in [0, 0.05) is 24.3 Å². The second-order valence-corrected chi connectivity index (χ2v) is 4.61. The number of nitrogens with one attached hydrogen (secondary N) is 1. The molecule has 2 N–H and O–H groups in total. The van der Waals surface area contributed by atoms with Crippen molar-refractivity contribution in [3.63, 3.8) is 0 Å². The molecule has 0 aliphatic heterocycles. The number of benzene rings is 2. The Hall–Kier alpha value is -3.33. The minimum Gasteiger partial charge on any atom is -0.289 e. The standard InChI is InChI=1S/C14H11N3O6/c18-14(15-19)13(9-1-5-11(6-2-9)16(20)21)10-3-7-12(8-4-10)17(22)23/h1-8,13,19H,(H,15,18). The van der Waals surface area contributed by atoms with Crippen LogP contribution in [0.3, 0.4) is 0 Å². The fourth-order valence-corrected chi connectivity index (χ4v) is 2.14. The molecule has 0 bridgehead atoms. The molecule has 9 heteroatoms. The molecule has 118 valence electrons. The molecule has 0 radical (unpaired) electrons. The van der Waals surface area contributed by atoms with Gasteiger partial charge in [-0.15, -0.1) is 0 Å². The number of hydrogen-bond donors (Lipinski definition) is 2. The maximum Gasteiger partial charge on any atom is 0.269 e. The van der Waals surface area contributed by atoms with E-state index in [4.69, 9.17) is 5.21 Å². The zero-order valence-electron chi connectivity index (χ0n) is 11.6. The third-order valence-corrected chi connectivity index (χ3v) is 3.25. The van der Waals surface area contributed by atoms with Crippen molar-refractivity contribution in [2.24, 2.45) is 0 Å². The number of nitro benzene ring substituents is 2. The molecule has 0 saturated carbocycles. The summed E-state index contributed by atoms with van der Waals surface area (Å²) >= 11 is 0. The molecule has 1 amide bonds. The monoisotopic (exact) mass is 317 g/mol. The first kappa shape index (κ1) is 16.0. The molecule has 0 spiro atoms. The Morgan fingerprint density at radius 2 is 1.22 bits per heavy atom. The first-order valence-corrected chi connectivity index (χ1v) is 6.36. The van der Waals surface area contributed by atoms with Crippen LogP contribution >= 0.6 is 0 Å². The summed E-state index contributed by atoms with van der Waals surface area (Å²) in [4.78, 5) is 32.1. The van der Waals surface area contributed by atoms with E-state index < -0.39 is 21.7 Å². The van der Waals surface area contributed by atoms with Crippen LogP contribution in [-0.2, 0) is 4.79 Å². The lowest BCUT2D eigenvalue weighted by Gasteiger charge is -2.15. The van der Waals surface area contributed by atoms with Crippen LogP contribution in [-0.4, -0.2) is 21.0 Å². The number of carbonyl (C=O) groups excluding carboxylic acids is 1. The second-order valence-electron chi connectivity index (χ2n) is 4.61. The van der Waals surface area contributed by atoms with Gasteiger partial charge in [-0.25, -0.2) is 5.48 Å². The van der Waals surface area contributed by atoms with E-state index in [1.807, 2.05) is 0 Å². The predicted molar refractivity (Wildman–Crippen MR) is 78.0 cm³/mol. The van der Waals surface area contributed by atoms with E-state index in [1.54, 1.807) is 0 Å². The Balaban J connectivity index is 2.42. The van der Waals surface area contributed by atoms with Gasteiger partial charge in [0.05, 0.1) is 15.8 Å². The number of rotatable bonds is 5. The van der Waals surface area contributed by atoms with Crippen LogP contribution in [0.25, 0.3) is 0 Å². The summed E-state index contributed by atoms with van der Waals surface area (Å²) in [7, 11) is 0. The van der Waals surface area contributed by atoms with Crippen LogP contribution in [0.5, 0.6) is 0 Å². The summed E-state index contributed by atoms with van der Waals surface area (Å²) in [6.07, 6.45) is 0. The van der Waals surface area contributed by atoms with Gasteiger partial charge in [-0.3, -0.25) is 30.2 Å². The van der Waals surface area contributed by atoms with E-state index in [0.717, 1.165) is 0 Å². The van der Waals surface area contributed by atoms with Crippen molar-refractivity contribution < 1.29 is 19.8 Å². The van der Waals surface area contributed by atoms with Gasteiger partial charge in [0.2, 0.25) is 0 Å². The van der Waals surface area contributed by atoms with Gasteiger partial charge < -0.3 is 0 Å². The van der Waals surface area contributed by atoms with Gasteiger partial charge in [-0.2, -0.15) is 0 Å². The van der Waals surface area contributed by atoms with Crippen molar-refractivity contribution in [3.8, 4) is 0 Å². The molecule has 0 atom stereocenters. The number of hydroxylamine groups is 1. The summed E-state index contributed by atoms with van der Waals surface area (Å²) in [5.74, 6) is -1.71.